The number of carbonyl (C=O) groups excluding carboxylic acids is 3. The molecule has 0 aliphatic carbocycles. The number of benzene rings is 1. The van der Waals surface area contributed by atoms with Crippen LogP contribution in [0.3, 0.4) is 0 Å². The summed E-state index contributed by atoms with van der Waals surface area (Å²) in [7, 11) is 1.23. The summed E-state index contributed by atoms with van der Waals surface area (Å²) in [6, 6.07) is 6.60. The molecule has 1 aliphatic heterocycles. The maximum atomic E-state index is 12.2. The normalized spacial score (nSPS) is 21.9. The highest BCUT2D eigenvalue weighted by Gasteiger charge is 2.39. The lowest BCUT2D eigenvalue weighted by Gasteiger charge is -2.32. The molecule has 26 heavy (non-hydrogen) atoms. The van der Waals surface area contributed by atoms with Crippen LogP contribution >= 0.6 is 0 Å². The van der Waals surface area contributed by atoms with E-state index >= 15 is 0 Å². The number of hydrogen-bond acceptors (Lipinski definition) is 7. The summed E-state index contributed by atoms with van der Waals surface area (Å²) in [5.74, 6) is -2.26. The molecular weight excluding hydrogens is 340 g/mol. The fraction of sp³-hybridized carbons (Fsp3) is 0.421. The van der Waals surface area contributed by atoms with Crippen LogP contribution in [0, 0.1) is 11.8 Å². The van der Waals surface area contributed by atoms with Gasteiger partial charge in [0.1, 0.15) is 18.1 Å². The minimum absolute atomic E-state index is 0.117. The van der Waals surface area contributed by atoms with Gasteiger partial charge in [-0.15, -0.1) is 0 Å². The fourth-order valence-electron chi connectivity index (χ4n) is 2.85. The van der Waals surface area contributed by atoms with E-state index in [9.17, 15) is 19.5 Å². The molecule has 0 fully saturated rings. The first kappa shape index (κ1) is 19.5. The van der Waals surface area contributed by atoms with E-state index in [-0.39, 0.29) is 24.4 Å². The molecule has 1 aliphatic rings. The molecule has 140 valence electrons. The first-order valence-electron chi connectivity index (χ1n) is 8.29. The maximum absolute atomic E-state index is 12.2. The Bertz CT molecular complexity index is 678. The zero-order chi connectivity index (χ0) is 19.1. The van der Waals surface area contributed by atoms with E-state index < -0.39 is 29.9 Å². The van der Waals surface area contributed by atoms with E-state index in [1.165, 1.54) is 13.4 Å². The molecule has 0 bridgehead atoms. The second-order valence-electron chi connectivity index (χ2n) is 6.07. The third kappa shape index (κ3) is 4.84. The van der Waals surface area contributed by atoms with Gasteiger partial charge in [0, 0.05) is 12.3 Å². The molecular formula is C19H22O7. The lowest BCUT2D eigenvalue weighted by atomic mass is 9.80. The van der Waals surface area contributed by atoms with E-state index in [1.54, 1.807) is 31.2 Å². The van der Waals surface area contributed by atoms with Crippen molar-refractivity contribution < 1.29 is 33.7 Å². The summed E-state index contributed by atoms with van der Waals surface area (Å²) in [6.45, 7) is 1.86. The van der Waals surface area contributed by atoms with Crippen LogP contribution in [0.25, 0.3) is 0 Å². The third-order valence-electron chi connectivity index (χ3n) is 4.37. The monoisotopic (exact) mass is 362 g/mol. The highest BCUT2D eigenvalue weighted by molar-refractivity contribution is 5.90. The summed E-state index contributed by atoms with van der Waals surface area (Å²) < 4.78 is 15.2. The van der Waals surface area contributed by atoms with Gasteiger partial charge in [-0.2, -0.15) is 0 Å². The first-order chi connectivity index (χ1) is 12.5. The number of methoxy groups -OCH3 is 1. The molecule has 0 amide bonds. The zero-order valence-electron chi connectivity index (χ0n) is 14.7. The molecule has 1 aromatic carbocycles. The molecule has 1 aromatic rings. The van der Waals surface area contributed by atoms with Crippen LogP contribution in [-0.4, -0.2) is 43.2 Å². The minimum Gasteiger partial charge on any atom is -0.508 e. The standard InChI is InChI=1S/C19H22O7/c1-12-16(10-20)15(17(11-26-12)19(23)24-2)9-18(22)25-8-7-13-3-5-14(21)6-4-13/h3-6,10-12,15-16,21H,7-9H2,1-2H3/t12-,15?,16+/m0/s1. The molecule has 1 heterocycles. The molecule has 2 rings (SSSR count). The van der Waals surface area contributed by atoms with Crippen molar-refractivity contribution in [2.45, 2.75) is 25.9 Å². The van der Waals surface area contributed by atoms with Crippen LogP contribution in [0.5, 0.6) is 5.75 Å². The van der Waals surface area contributed by atoms with Crippen molar-refractivity contribution in [3.8, 4) is 5.75 Å². The molecule has 7 nitrogen and oxygen atoms in total. The summed E-state index contributed by atoms with van der Waals surface area (Å²) in [5.41, 5.74) is 1.06. The Morgan fingerprint density at radius 3 is 2.58 bits per heavy atom. The Kier molecular flexibility index (Phi) is 6.77. The van der Waals surface area contributed by atoms with Crippen molar-refractivity contribution in [1.29, 1.82) is 0 Å². The van der Waals surface area contributed by atoms with Crippen LogP contribution < -0.4 is 0 Å². The highest BCUT2D eigenvalue weighted by atomic mass is 16.5. The maximum Gasteiger partial charge on any atom is 0.337 e. The molecule has 0 saturated carbocycles. The van der Waals surface area contributed by atoms with Gasteiger partial charge in [-0.25, -0.2) is 4.79 Å². The Hall–Kier alpha value is -2.83. The number of aromatic hydroxyl groups is 1. The largest absolute Gasteiger partial charge is 0.508 e. The first-order valence-corrected chi connectivity index (χ1v) is 8.29. The molecule has 1 N–H and O–H groups in total. The number of carbonyl (C=O) groups is 3. The lowest BCUT2D eigenvalue weighted by molar-refractivity contribution is -0.146. The van der Waals surface area contributed by atoms with Gasteiger partial charge in [-0.05, 0) is 24.6 Å². The molecule has 0 spiro atoms. The predicted molar refractivity (Wildman–Crippen MR) is 91.1 cm³/mol. The average Bonchev–Trinajstić information content (AvgIpc) is 2.63. The molecule has 0 saturated heterocycles. The van der Waals surface area contributed by atoms with Gasteiger partial charge in [-0.1, -0.05) is 12.1 Å². The van der Waals surface area contributed by atoms with Gasteiger partial charge in [0.15, 0.2) is 0 Å². The highest BCUT2D eigenvalue weighted by Crippen LogP contribution is 2.33. The quantitative estimate of drug-likeness (QED) is 0.583. The Labute approximate surface area is 151 Å². The molecule has 7 heteroatoms. The number of phenols is 1. The predicted octanol–water partition coefficient (Wildman–Crippen LogP) is 1.77. The van der Waals surface area contributed by atoms with E-state index in [1.807, 2.05) is 0 Å². The van der Waals surface area contributed by atoms with Gasteiger partial charge in [0.2, 0.25) is 0 Å². The number of rotatable bonds is 7. The van der Waals surface area contributed by atoms with Crippen molar-refractivity contribution in [2.75, 3.05) is 13.7 Å². The Morgan fingerprint density at radius 1 is 1.27 bits per heavy atom. The van der Waals surface area contributed by atoms with E-state index in [0.29, 0.717) is 12.7 Å². The van der Waals surface area contributed by atoms with Crippen molar-refractivity contribution in [3.63, 3.8) is 0 Å². The molecule has 0 radical (unpaired) electrons. The van der Waals surface area contributed by atoms with Crippen molar-refractivity contribution in [3.05, 3.63) is 41.7 Å². The summed E-state index contributed by atoms with van der Waals surface area (Å²) >= 11 is 0. The van der Waals surface area contributed by atoms with E-state index in [2.05, 4.69) is 0 Å². The Morgan fingerprint density at radius 2 is 1.96 bits per heavy atom. The van der Waals surface area contributed by atoms with E-state index in [0.717, 1.165) is 5.56 Å². The molecule has 3 atom stereocenters. The second kappa shape index (κ2) is 9.03. The third-order valence-corrected chi connectivity index (χ3v) is 4.37. The van der Waals surface area contributed by atoms with Crippen LogP contribution in [-0.2, 0) is 35.0 Å². The summed E-state index contributed by atoms with van der Waals surface area (Å²) in [6.07, 6.45) is 1.87. The van der Waals surface area contributed by atoms with E-state index in [4.69, 9.17) is 14.2 Å². The number of ether oxygens (including phenoxy) is 3. The topological polar surface area (TPSA) is 99.1 Å². The number of esters is 2. The number of aldehydes is 1. The van der Waals surface area contributed by atoms with Crippen molar-refractivity contribution in [1.82, 2.24) is 0 Å². The number of hydrogen-bond donors (Lipinski definition) is 1. The van der Waals surface area contributed by atoms with Gasteiger partial charge in [0.05, 0.1) is 37.9 Å². The summed E-state index contributed by atoms with van der Waals surface area (Å²) in [5, 5.41) is 9.25. The van der Waals surface area contributed by atoms with Crippen LogP contribution in [0.4, 0.5) is 0 Å². The Balaban J connectivity index is 1.96. The second-order valence-corrected chi connectivity index (χ2v) is 6.07. The van der Waals surface area contributed by atoms with Crippen molar-refractivity contribution >= 4 is 18.2 Å². The van der Waals surface area contributed by atoms with Gasteiger partial charge >= 0.3 is 11.9 Å². The van der Waals surface area contributed by atoms with Gasteiger partial charge < -0.3 is 24.1 Å². The van der Waals surface area contributed by atoms with Crippen LogP contribution in [0.1, 0.15) is 18.9 Å². The minimum atomic E-state index is -0.648. The van der Waals surface area contributed by atoms with Crippen LogP contribution in [0.15, 0.2) is 36.1 Å². The summed E-state index contributed by atoms with van der Waals surface area (Å²) in [4.78, 5) is 35.5. The van der Waals surface area contributed by atoms with Gasteiger partial charge in [0.25, 0.3) is 0 Å². The fourth-order valence-corrected chi connectivity index (χ4v) is 2.85. The average molecular weight is 362 g/mol. The molecule has 1 unspecified atom stereocenters. The van der Waals surface area contributed by atoms with Crippen LogP contribution in [0.2, 0.25) is 0 Å². The van der Waals surface area contributed by atoms with Crippen molar-refractivity contribution in [2.24, 2.45) is 11.8 Å². The number of phenolic OH excluding ortho intramolecular Hbond substituents is 1. The SMILES string of the molecule is COC(=O)C1=CO[C@@H](C)[C@@H](C=O)C1CC(=O)OCCc1ccc(O)cc1. The zero-order valence-corrected chi connectivity index (χ0v) is 14.7. The smallest absolute Gasteiger partial charge is 0.337 e. The molecule has 0 aromatic heterocycles. The lowest BCUT2D eigenvalue weighted by Crippen LogP contribution is -2.37. The van der Waals surface area contributed by atoms with Gasteiger partial charge in [-0.3, -0.25) is 4.79 Å².